The first-order valence-electron chi connectivity index (χ1n) is 6.43. The Morgan fingerprint density at radius 2 is 2.20 bits per heavy atom. The molecule has 1 atom stereocenters. The summed E-state index contributed by atoms with van der Waals surface area (Å²) in [5.74, 6) is -1.14. The van der Waals surface area contributed by atoms with Crippen molar-refractivity contribution in [2.24, 2.45) is 0 Å². The summed E-state index contributed by atoms with van der Waals surface area (Å²) >= 11 is 0. The Morgan fingerprint density at radius 3 is 2.70 bits per heavy atom. The van der Waals surface area contributed by atoms with E-state index in [1.807, 2.05) is 0 Å². The molecule has 0 bridgehead atoms. The van der Waals surface area contributed by atoms with Gasteiger partial charge < -0.3 is 14.8 Å². The molecule has 8 heteroatoms. The zero-order chi connectivity index (χ0) is 14.9. The summed E-state index contributed by atoms with van der Waals surface area (Å²) in [5, 5.41) is 17.9. The van der Waals surface area contributed by atoms with Crippen molar-refractivity contribution in [1.82, 2.24) is 9.29 Å². The highest BCUT2D eigenvalue weighted by Crippen LogP contribution is 2.37. The Labute approximate surface area is 117 Å². The zero-order valence-electron chi connectivity index (χ0n) is 11.1. The molecule has 0 aliphatic heterocycles. The molecule has 1 aromatic rings. The van der Waals surface area contributed by atoms with Crippen LogP contribution in [0.3, 0.4) is 0 Å². The number of hydrogen-bond acceptors (Lipinski definition) is 4. The van der Waals surface area contributed by atoms with Gasteiger partial charge in [0.2, 0.25) is 10.0 Å². The van der Waals surface area contributed by atoms with Gasteiger partial charge in [-0.25, -0.2) is 17.9 Å². The Hall–Kier alpha value is -1.38. The number of aliphatic hydroxyl groups excluding tert-OH is 1. The Bertz CT molecular complexity index is 603. The van der Waals surface area contributed by atoms with E-state index in [0.29, 0.717) is 6.42 Å². The molecule has 7 nitrogen and oxygen atoms in total. The number of aromatic carboxylic acids is 1. The lowest BCUT2D eigenvalue weighted by Crippen LogP contribution is -2.33. The number of carboxylic acids is 1. The van der Waals surface area contributed by atoms with Crippen molar-refractivity contribution in [3.63, 3.8) is 0 Å². The largest absolute Gasteiger partial charge is 0.477 e. The van der Waals surface area contributed by atoms with Crippen molar-refractivity contribution in [1.29, 1.82) is 0 Å². The minimum atomic E-state index is -3.77. The van der Waals surface area contributed by atoms with Gasteiger partial charge in [-0.1, -0.05) is 0 Å². The van der Waals surface area contributed by atoms with Crippen LogP contribution in [0.5, 0.6) is 0 Å². The summed E-state index contributed by atoms with van der Waals surface area (Å²) < 4.78 is 28.2. The predicted molar refractivity (Wildman–Crippen MR) is 71.1 cm³/mol. The Morgan fingerprint density at radius 1 is 1.55 bits per heavy atom. The quantitative estimate of drug-likeness (QED) is 0.682. The van der Waals surface area contributed by atoms with Gasteiger partial charge in [-0.15, -0.1) is 0 Å². The fourth-order valence-corrected chi connectivity index (χ4v) is 3.32. The molecular formula is C12H18N2O5S. The van der Waals surface area contributed by atoms with Crippen molar-refractivity contribution in [2.75, 3.05) is 6.61 Å². The smallest absolute Gasteiger partial charge is 0.352 e. The molecule has 0 saturated heterocycles. The van der Waals surface area contributed by atoms with Gasteiger partial charge in [0.05, 0.1) is 0 Å². The normalized spacial score (nSPS) is 17.1. The van der Waals surface area contributed by atoms with Crippen LogP contribution in [0.15, 0.2) is 17.2 Å². The van der Waals surface area contributed by atoms with Crippen molar-refractivity contribution < 1.29 is 23.4 Å². The minimum Gasteiger partial charge on any atom is -0.477 e. The summed E-state index contributed by atoms with van der Waals surface area (Å²) in [6, 6.07) is 0.844. The van der Waals surface area contributed by atoms with E-state index < -0.39 is 22.0 Å². The van der Waals surface area contributed by atoms with Gasteiger partial charge in [0, 0.05) is 24.9 Å². The van der Waals surface area contributed by atoms with Crippen LogP contribution >= 0.6 is 0 Å². The number of carbonyl (C=O) groups is 1. The zero-order valence-corrected chi connectivity index (χ0v) is 11.9. The first-order valence-corrected chi connectivity index (χ1v) is 7.92. The Balaban J connectivity index is 2.27. The predicted octanol–water partition coefficient (Wildman–Crippen LogP) is 0.570. The molecule has 1 unspecified atom stereocenters. The molecule has 1 heterocycles. The number of aliphatic hydroxyl groups is 1. The van der Waals surface area contributed by atoms with E-state index >= 15 is 0 Å². The van der Waals surface area contributed by atoms with Gasteiger partial charge in [-0.2, -0.15) is 0 Å². The fraction of sp³-hybridized carbons (Fsp3) is 0.583. The highest BCUT2D eigenvalue weighted by Gasteiger charge is 2.30. The average Bonchev–Trinajstić information content (AvgIpc) is 3.06. The number of sulfonamides is 1. The molecule has 1 saturated carbocycles. The first-order chi connectivity index (χ1) is 9.35. The maximum atomic E-state index is 12.1. The lowest BCUT2D eigenvalue weighted by molar-refractivity contribution is 0.0685. The van der Waals surface area contributed by atoms with Gasteiger partial charge in [0.15, 0.2) is 0 Å². The van der Waals surface area contributed by atoms with E-state index in [0.717, 1.165) is 12.8 Å². The van der Waals surface area contributed by atoms with Crippen molar-refractivity contribution in [2.45, 2.75) is 43.2 Å². The van der Waals surface area contributed by atoms with Crippen molar-refractivity contribution in [3.8, 4) is 0 Å². The third-order valence-electron chi connectivity index (χ3n) is 3.21. The Kier molecular flexibility index (Phi) is 4.17. The highest BCUT2D eigenvalue weighted by molar-refractivity contribution is 7.89. The van der Waals surface area contributed by atoms with Crippen LogP contribution in [-0.4, -0.2) is 41.8 Å². The molecule has 1 aliphatic carbocycles. The molecule has 1 aliphatic rings. The number of aromatic nitrogens is 1. The second kappa shape index (κ2) is 5.55. The van der Waals surface area contributed by atoms with E-state index in [1.54, 1.807) is 6.92 Å². The fourth-order valence-electron chi connectivity index (χ4n) is 2.01. The molecule has 0 radical (unpaired) electrons. The maximum Gasteiger partial charge on any atom is 0.352 e. The standard InChI is InChI=1S/C12H18N2O5S/c1-8(4-5-15)13-20(18,19)10-6-11(12(16)17)14(7-10)9-2-3-9/h6-9,13,15H,2-5H2,1H3,(H,16,17). The van der Waals surface area contributed by atoms with Crippen LogP contribution < -0.4 is 4.72 Å². The second-order valence-corrected chi connectivity index (χ2v) is 6.75. The van der Waals surface area contributed by atoms with E-state index in [4.69, 9.17) is 10.2 Å². The molecule has 0 spiro atoms. The molecule has 1 aromatic heterocycles. The SMILES string of the molecule is CC(CCO)NS(=O)(=O)c1cc(C(=O)O)n(C2CC2)c1. The minimum absolute atomic E-state index is 0.0114. The molecule has 20 heavy (non-hydrogen) atoms. The van der Waals surface area contributed by atoms with Gasteiger partial charge in [0.25, 0.3) is 0 Å². The summed E-state index contributed by atoms with van der Waals surface area (Å²) in [6.07, 6.45) is 3.40. The van der Waals surface area contributed by atoms with Crippen LogP contribution in [0.4, 0.5) is 0 Å². The molecule has 1 fully saturated rings. The summed E-state index contributed by atoms with van der Waals surface area (Å²) in [7, 11) is -3.77. The third kappa shape index (κ3) is 3.20. The van der Waals surface area contributed by atoms with Crippen LogP contribution in [0.1, 0.15) is 42.7 Å². The second-order valence-electron chi connectivity index (χ2n) is 5.04. The van der Waals surface area contributed by atoms with Crippen molar-refractivity contribution >= 4 is 16.0 Å². The molecule has 3 N–H and O–H groups in total. The molecule has 112 valence electrons. The molecule has 0 aromatic carbocycles. The lowest BCUT2D eigenvalue weighted by Gasteiger charge is -2.11. The number of nitrogens with zero attached hydrogens (tertiary/aromatic N) is 1. The van der Waals surface area contributed by atoms with Gasteiger partial charge in [-0.3, -0.25) is 0 Å². The average molecular weight is 302 g/mol. The molecule has 0 amide bonds. The number of hydrogen-bond donors (Lipinski definition) is 3. The number of carboxylic acid groups (broad SMARTS) is 1. The van der Waals surface area contributed by atoms with Gasteiger partial charge in [0.1, 0.15) is 10.6 Å². The lowest BCUT2D eigenvalue weighted by atomic mass is 10.3. The van der Waals surface area contributed by atoms with Crippen LogP contribution in [0.2, 0.25) is 0 Å². The van der Waals surface area contributed by atoms with Gasteiger partial charge in [-0.05, 0) is 32.3 Å². The van der Waals surface area contributed by atoms with Crippen LogP contribution in [0, 0.1) is 0 Å². The number of rotatable bonds is 7. The van der Waals surface area contributed by atoms with E-state index in [9.17, 15) is 13.2 Å². The van der Waals surface area contributed by atoms with Crippen molar-refractivity contribution in [3.05, 3.63) is 18.0 Å². The van der Waals surface area contributed by atoms with E-state index in [2.05, 4.69) is 4.72 Å². The topological polar surface area (TPSA) is 109 Å². The summed E-state index contributed by atoms with van der Waals surface area (Å²) in [6.45, 7) is 1.52. The first kappa shape index (κ1) is 15.0. The highest BCUT2D eigenvalue weighted by atomic mass is 32.2. The monoisotopic (exact) mass is 302 g/mol. The van der Waals surface area contributed by atoms with E-state index in [-0.39, 0.29) is 23.2 Å². The summed E-state index contributed by atoms with van der Waals surface area (Å²) in [5.41, 5.74) is -0.0114. The molecule has 2 rings (SSSR count). The number of nitrogens with one attached hydrogen (secondary N) is 1. The van der Waals surface area contributed by atoms with E-state index in [1.165, 1.54) is 16.8 Å². The summed E-state index contributed by atoms with van der Waals surface area (Å²) in [4.78, 5) is 11.1. The maximum absolute atomic E-state index is 12.1. The molecular weight excluding hydrogens is 284 g/mol. The van der Waals surface area contributed by atoms with Crippen LogP contribution in [0.25, 0.3) is 0 Å². The van der Waals surface area contributed by atoms with Crippen LogP contribution in [-0.2, 0) is 10.0 Å². The third-order valence-corrected chi connectivity index (χ3v) is 4.77. The van der Waals surface area contributed by atoms with Gasteiger partial charge >= 0.3 is 5.97 Å².